The highest BCUT2D eigenvalue weighted by atomic mass is 16.6. The van der Waals surface area contributed by atoms with Gasteiger partial charge in [-0.1, -0.05) is 12.2 Å². The van der Waals surface area contributed by atoms with E-state index in [0.29, 0.717) is 13.2 Å². The smallest absolute Gasteiger partial charge is 0.332 e. The first-order valence-electron chi connectivity index (χ1n) is 6.13. The first-order valence-corrected chi connectivity index (χ1v) is 6.13. The van der Waals surface area contributed by atoms with E-state index in [-0.39, 0.29) is 37.0 Å². The normalized spacial score (nSPS) is 21.4. The van der Waals surface area contributed by atoms with Gasteiger partial charge in [0.15, 0.2) is 0 Å². The number of carbonyl (C=O) groups is 2. The van der Waals surface area contributed by atoms with E-state index < -0.39 is 0 Å². The maximum absolute atomic E-state index is 11.1. The molecule has 0 saturated carbocycles. The van der Waals surface area contributed by atoms with Crippen molar-refractivity contribution >= 4 is 11.9 Å². The van der Waals surface area contributed by atoms with Gasteiger partial charge < -0.3 is 18.9 Å². The van der Waals surface area contributed by atoms with Gasteiger partial charge >= 0.3 is 11.9 Å². The zero-order chi connectivity index (χ0) is 14.1. The Morgan fingerprint density at radius 2 is 1.37 bits per heavy atom. The fourth-order valence-corrected chi connectivity index (χ4v) is 1.83. The van der Waals surface area contributed by atoms with E-state index in [9.17, 15) is 9.59 Å². The molecule has 0 bridgehead atoms. The molecule has 108 valence electrons. The van der Waals surface area contributed by atoms with Crippen molar-refractivity contribution in [2.75, 3.05) is 40.6 Å². The molecular formula is C13H20O6. The van der Waals surface area contributed by atoms with Crippen LogP contribution in [0.15, 0.2) is 12.2 Å². The number of hydrogen-bond acceptors (Lipinski definition) is 6. The van der Waals surface area contributed by atoms with Gasteiger partial charge in [-0.15, -0.1) is 0 Å². The molecule has 0 radical (unpaired) electrons. The quantitative estimate of drug-likeness (QED) is 0.475. The van der Waals surface area contributed by atoms with Gasteiger partial charge in [0.25, 0.3) is 0 Å². The summed E-state index contributed by atoms with van der Waals surface area (Å²) in [6, 6.07) is 0. The summed E-state index contributed by atoms with van der Waals surface area (Å²) in [5.41, 5.74) is 0. The third-order valence-electron chi connectivity index (χ3n) is 2.70. The second-order valence-electron chi connectivity index (χ2n) is 4.37. The van der Waals surface area contributed by atoms with E-state index in [1.807, 2.05) is 12.2 Å². The second-order valence-corrected chi connectivity index (χ2v) is 4.37. The minimum Gasteiger partial charge on any atom is -0.463 e. The molecule has 2 atom stereocenters. The van der Waals surface area contributed by atoms with E-state index in [1.54, 1.807) is 0 Å². The van der Waals surface area contributed by atoms with E-state index in [2.05, 4.69) is 9.47 Å². The molecule has 0 N–H and O–H groups in total. The fourth-order valence-electron chi connectivity index (χ4n) is 1.83. The molecule has 1 rings (SSSR count). The SMILES string of the molecule is COCC(=O)OC[C@H]1C=C[C@@H](COC(=O)COC)C1. The Morgan fingerprint density at radius 1 is 0.947 bits per heavy atom. The zero-order valence-electron chi connectivity index (χ0n) is 11.3. The van der Waals surface area contributed by atoms with Gasteiger partial charge in [-0.3, -0.25) is 0 Å². The van der Waals surface area contributed by atoms with Gasteiger partial charge in [-0.2, -0.15) is 0 Å². The van der Waals surface area contributed by atoms with Crippen molar-refractivity contribution in [3.63, 3.8) is 0 Å². The van der Waals surface area contributed by atoms with Crippen LogP contribution in [0.4, 0.5) is 0 Å². The van der Waals surface area contributed by atoms with Gasteiger partial charge in [-0.05, 0) is 6.42 Å². The lowest BCUT2D eigenvalue weighted by atomic mass is 10.1. The maximum atomic E-state index is 11.1. The summed E-state index contributed by atoms with van der Waals surface area (Å²) in [6.07, 6.45) is 4.77. The van der Waals surface area contributed by atoms with Crippen LogP contribution < -0.4 is 0 Å². The molecule has 0 spiro atoms. The number of methoxy groups -OCH3 is 2. The Kier molecular flexibility index (Phi) is 7.14. The van der Waals surface area contributed by atoms with Crippen LogP contribution in [0.25, 0.3) is 0 Å². The molecule has 0 aromatic rings. The third-order valence-corrected chi connectivity index (χ3v) is 2.70. The predicted molar refractivity (Wildman–Crippen MR) is 66.4 cm³/mol. The summed E-state index contributed by atoms with van der Waals surface area (Å²) in [5, 5.41) is 0. The van der Waals surface area contributed by atoms with Crippen molar-refractivity contribution in [1.29, 1.82) is 0 Å². The largest absolute Gasteiger partial charge is 0.463 e. The number of hydrogen-bond donors (Lipinski definition) is 0. The predicted octanol–water partition coefficient (Wildman–Crippen LogP) is 0.558. The molecule has 6 heteroatoms. The average molecular weight is 272 g/mol. The molecule has 19 heavy (non-hydrogen) atoms. The summed E-state index contributed by atoms with van der Waals surface area (Å²) >= 11 is 0. The van der Waals surface area contributed by atoms with Gasteiger partial charge in [0, 0.05) is 26.1 Å². The summed E-state index contributed by atoms with van der Waals surface area (Å²) in [5.74, 6) is -0.393. The van der Waals surface area contributed by atoms with Crippen LogP contribution in [0.1, 0.15) is 6.42 Å². The molecule has 1 aliphatic carbocycles. The summed E-state index contributed by atoms with van der Waals surface area (Å²) in [6.45, 7) is 0.603. The Bertz CT molecular complexity index is 295. The molecule has 0 heterocycles. The van der Waals surface area contributed by atoms with E-state index in [4.69, 9.17) is 9.47 Å². The van der Waals surface area contributed by atoms with Gasteiger partial charge in [-0.25, -0.2) is 9.59 Å². The summed E-state index contributed by atoms with van der Waals surface area (Å²) in [7, 11) is 2.89. The average Bonchev–Trinajstić information content (AvgIpc) is 2.83. The van der Waals surface area contributed by atoms with Crippen LogP contribution in [-0.4, -0.2) is 52.6 Å². The van der Waals surface area contributed by atoms with Crippen LogP contribution in [0.3, 0.4) is 0 Å². The highest BCUT2D eigenvalue weighted by molar-refractivity contribution is 5.71. The molecule has 0 aliphatic heterocycles. The third kappa shape index (κ3) is 6.35. The second kappa shape index (κ2) is 8.66. The van der Waals surface area contributed by atoms with Crippen molar-refractivity contribution in [2.45, 2.75) is 6.42 Å². The molecule has 1 aliphatic rings. The Labute approximate surface area is 112 Å². The molecular weight excluding hydrogens is 252 g/mol. The fraction of sp³-hybridized carbons (Fsp3) is 0.692. The molecule has 0 saturated heterocycles. The minimum absolute atomic E-state index is 0.0332. The van der Waals surface area contributed by atoms with Crippen LogP contribution in [0.5, 0.6) is 0 Å². The number of ether oxygens (including phenoxy) is 4. The molecule has 6 nitrogen and oxygen atoms in total. The van der Waals surface area contributed by atoms with Crippen LogP contribution in [-0.2, 0) is 28.5 Å². The van der Waals surface area contributed by atoms with E-state index in [1.165, 1.54) is 14.2 Å². The Morgan fingerprint density at radius 3 is 1.74 bits per heavy atom. The van der Waals surface area contributed by atoms with Gasteiger partial charge in [0.05, 0.1) is 13.2 Å². The lowest BCUT2D eigenvalue weighted by molar-refractivity contribution is -0.148. The van der Waals surface area contributed by atoms with Crippen molar-refractivity contribution in [3.05, 3.63) is 12.2 Å². The molecule has 0 fully saturated rings. The van der Waals surface area contributed by atoms with Crippen molar-refractivity contribution < 1.29 is 28.5 Å². The topological polar surface area (TPSA) is 71.1 Å². The van der Waals surface area contributed by atoms with Crippen molar-refractivity contribution in [1.82, 2.24) is 0 Å². The zero-order valence-corrected chi connectivity index (χ0v) is 11.3. The molecule has 0 aromatic carbocycles. The highest BCUT2D eigenvalue weighted by Gasteiger charge is 2.21. The Hall–Kier alpha value is -1.40. The first kappa shape index (κ1) is 15.7. The molecule has 0 aromatic heterocycles. The van der Waals surface area contributed by atoms with E-state index in [0.717, 1.165) is 6.42 Å². The number of rotatable bonds is 8. The van der Waals surface area contributed by atoms with Gasteiger partial charge in [0.2, 0.25) is 0 Å². The summed E-state index contributed by atoms with van der Waals surface area (Å²) < 4.78 is 19.4. The number of carbonyl (C=O) groups excluding carboxylic acids is 2. The lowest BCUT2D eigenvalue weighted by Gasteiger charge is -2.12. The minimum atomic E-state index is -0.370. The van der Waals surface area contributed by atoms with Crippen LogP contribution >= 0.6 is 0 Å². The molecule has 0 unspecified atom stereocenters. The van der Waals surface area contributed by atoms with Gasteiger partial charge in [0.1, 0.15) is 13.2 Å². The maximum Gasteiger partial charge on any atom is 0.332 e. The standard InChI is InChI=1S/C13H20O6/c1-16-8-12(14)18-6-10-3-4-11(5-10)7-19-13(15)9-17-2/h3-4,10-11H,5-9H2,1-2H3/t10-,11+. The molecule has 0 amide bonds. The monoisotopic (exact) mass is 272 g/mol. The van der Waals surface area contributed by atoms with Crippen molar-refractivity contribution in [3.8, 4) is 0 Å². The summed E-state index contributed by atoms with van der Waals surface area (Å²) in [4.78, 5) is 22.2. The lowest BCUT2D eigenvalue weighted by Crippen LogP contribution is -2.18. The van der Waals surface area contributed by atoms with Crippen LogP contribution in [0, 0.1) is 11.8 Å². The van der Waals surface area contributed by atoms with Crippen LogP contribution in [0.2, 0.25) is 0 Å². The highest BCUT2D eigenvalue weighted by Crippen LogP contribution is 2.24. The number of esters is 2. The first-order chi connectivity index (χ1) is 9.15. The van der Waals surface area contributed by atoms with Crippen molar-refractivity contribution in [2.24, 2.45) is 11.8 Å². The van der Waals surface area contributed by atoms with E-state index >= 15 is 0 Å². The Balaban J connectivity index is 2.14.